The molecule has 2 aliphatic heterocycles. The minimum atomic E-state index is -1.78. The lowest BCUT2D eigenvalue weighted by molar-refractivity contribution is -0.359. The van der Waals surface area contributed by atoms with Crippen LogP contribution in [0.5, 0.6) is 0 Å². The molecule has 2 fully saturated rings. The molecule has 494 valence electrons. The van der Waals surface area contributed by atoms with E-state index in [1.165, 1.54) is 218 Å². The predicted molar refractivity (Wildman–Crippen MR) is 341 cm³/mol. The predicted octanol–water partition coefficient (Wildman–Crippen LogP) is 14.1. The summed E-state index contributed by atoms with van der Waals surface area (Å²) < 4.78 is 22.8. The van der Waals surface area contributed by atoms with Gasteiger partial charge in [0.05, 0.1) is 32.0 Å². The molecule has 2 aliphatic rings. The van der Waals surface area contributed by atoms with Crippen LogP contribution in [0.3, 0.4) is 0 Å². The molecule has 84 heavy (non-hydrogen) atoms. The molecule has 9 N–H and O–H groups in total. The van der Waals surface area contributed by atoms with Crippen LogP contribution in [0, 0.1) is 0 Å². The highest BCUT2D eigenvalue weighted by Crippen LogP contribution is 2.30. The Kier molecular flexibility index (Phi) is 51.5. The van der Waals surface area contributed by atoms with Gasteiger partial charge in [0.25, 0.3) is 0 Å². The SMILES string of the molecule is CCCCCCC/C=C\C/C=C\C/C=C\CCCCCCCCCCCCCCCCCCCCCCCCCCCCC(=O)NC(COC1OC(CO)C(OC2OC(CO)C(O)C(O)C2O)C(O)C1O)C(O)CCCCCCCCCCC. The van der Waals surface area contributed by atoms with Gasteiger partial charge in [-0.05, 0) is 51.4 Å². The molecule has 14 nitrogen and oxygen atoms in total. The first-order chi connectivity index (χ1) is 41.1. The lowest BCUT2D eigenvalue weighted by Crippen LogP contribution is -2.65. The molecule has 2 rings (SSSR count). The van der Waals surface area contributed by atoms with E-state index >= 15 is 0 Å². The summed E-state index contributed by atoms with van der Waals surface area (Å²) in [6.45, 7) is 2.84. The molecular formula is C70H131NO13. The van der Waals surface area contributed by atoms with Gasteiger partial charge < -0.3 is 65.1 Å². The average Bonchev–Trinajstić information content (AvgIpc) is 2.28. The second-order valence-electron chi connectivity index (χ2n) is 25.0. The van der Waals surface area contributed by atoms with Gasteiger partial charge in [0, 0.05) is 6.42 Å². The monoisotopic (exact) mass is 1190 g/mol. The van der Waals surface area contributed by atoms with Crippen molar-refractivity contribution in [1.82, 2.24) is 5.32 Å². The molecule has 0 saturated carbocycles. The lowest BCUT2D eigenvalue weighted by atomic mass is 9.97. The zero-order valence-corrected chi connectivity index (χ0v) is 53.7. The highest BCUT2D eigenvalue weighted by Gasteiger charge is 2.51. The van der Waals surface area contributed by atoms with Crippen molar-refractivity contribution in [3.63, 3.8) is 0 Å². The van der Waals surface area contributed by atoms with Crippen molar-refractivity contribution in [3.05, 3.63) is 36.5 Å². The third kappa shape index (κ3) is 39.3. The van der Waals surface area contributed by atoms with Crippen LogP contribution in [0.2, 0.25) is 0 Å². The Morgan fingerprint density at radius 3 is 1.20 bits per heavy atom. The highest BCUT2D eigenvalue weighted by molar-refractivity contribution is 5.76. The molecule has 0 spiro atoms. The number of nitrogens with one attached hydrogen (secondary N) is 1. The van der Waals surface area contributed by atoms with Crippen molar-refractivity contribution in [1.29, 1.82) is 0 Å². The maximum atomic E-state index is 13.3. The first-order valence-electron chi connectivity index (χ1n) is 35.2. The summed E-state index contributed by atoms with van der Waals surface area (Å²) >= 11 is 0. The van der Waals surface area contributed by atoms with E-state index in [0.29, 0.717) is 12.8 Å². The minimum absolute atomic E-state index is 0.204. The van der Waals surface area contributed by atoms with Crippen molar-refractivity contribution >= 4 is 5.91 Å². The number of carbonyl (C=O) groups is 1. The fraction of sp³-hybridized carbons (Fsp3) is 0.900. The molecule has 0 radical (unpaired) electrons. The van der Waals surface area contributed by atoms with E-state index < -0.39 is 86.8 Å². The van der Waals surface area contributed by atoms with Crippen LogP contribution in [0.25, 0.3) is 0 Å². The topological polar surface area (TPSA) is 228 Å². The third-order valence-electron chi connectivity index (χ3n) is 17.4. The quantitative estimate of drug-likeness (QED) is 0.0204. The molecule has 12 unspecified atom stereocenters. The van der Waals surface area contributed by atoms with Crippen LogP contribution >= 0.6 is 0 Å². The van der Waals surface area contributed by atoms with Crippen LogP contribution in [0.4, 0.5) is 0 Å². The number of aliphatic hydroxyl groups is 8. The summed E-state index contributed by atoms with van der Waals surface area (Å²) in [6.07, 6.45) is 53.7. The van der Waals surface area contributed by atoms with E-state index in [0.717, 1.165) is 64.2 Å². The number of aliphatic hydroxyl groups excluding tert-OH is 8. The Bertz CT molecular complexity index is 1550. The van der Waals surface area contributed by atoms with Crippen molar-refractivity contribution in [2.45, 2.75) is 383 Å². The van der Waals surface area contributed by atoms with E-state index in [-0.39, 0.29) is 12.5 Å². The third-order valence-corrected chi connectivity index (χ3v) is 17.4. The molecule has 12 atom stereocenters. The second kappa shape index (κ2) is 55.3. The summed E-state index contributed by atoms with van der Waals surface area (Å²) in [4.78, 5) is 13.3. The van der Waals surface area contributed by atoms with Crippen LogP contribution in [0.15, 0.2) is 36.5 Å². The fourth-order valence-corrected chi connectivity index (χ4v) is 11.7. The normalized spacial score (nSPS) is 23.8. The maximum Gasteiger partial charge on any atom is 0.220 e. The van der Waals surface area contributed by atoms with E-state index in [1.54, 1.807) is 0 Å². The first-order valence-corrected chi connectivity index (χ1v) is 35.2. The van der Waals surface area contributed by atoms with Crippen LogP contribution in [0.1, 0.15) is 309 Å². The first kappa shape index (κ1) is 78.3. The fourth-order valence-electron chi connectivity index (χ4n) is 11.7. The molecule has 0 aromatic heterocycles. The number of amides is 1. The van der Waals surface area contributed by atoms with Gasteiger partial charge >= 0.3 is 0 Å². The van der Waals surface area contributed by atoms with Crippen molar-refractivity contribution in [3.8, 4) is 0 Å². The van der Waals surface area contributed by atoms with Crippen molar-refractivity contribution in [2.75, 3.05) is 19.8 Å². The Hall–Kier alpha value is -1.79. The molecule has 0 aliphatic carbocycles. The van der Waals surface area contributed by atoms with E-state index in [2.05, 4.69) is 55.6 Å². The van der Waals surface area contributed by atoms with Crippen molar-refractivity contribution < 1.29 is 64.6 Å². The number of carbonyl (C=O) groups excluding carboxylic acids is 1. The van der Waals surface area contributed by atoms with Crippen LogP contribution < -0.4 is 5.32 Å². The van der Waals surface area contributed by atoms with Crippen LogP contribution in [-0.4, -0.2) is 140 Å². The van der Waals surface area contributed by atoms with E-state index in [1.807, 2.05) is 0 Å². The summed E-state index contributed by atoms with van der Waals surface area (Å²) in [6, 6.07) is -0.824. The van der Waals surface area contributed by atoms with Gasteiger partial charge in [-0.1, -0.05) is 288 Å². The number of unbranched alkanes of at least 4 members (excludes halogenated alkanes) is 39. The lowest BCUT2D eigenvalue weighted by Gasteiger charge is -2.46. The molecule has 0 bridgehead atoms. The standard InChI is InChI=1S/C70H131NO13/c1-3-5-7-9-11-13-14-15-16-17-18-19-20-21-22-23-24-25-26-27-28-29-30-31-32-33-34-35-36-37-38-39-40-41-42-43-44-46-48-50-52-54-62(75)71-58(59(74)53-51-49-47-45-12-10-8-6-4-2)57-81-69-67(80)65(78)68(61(56-73)83-69)84-70-66(79)64(77)63(76)60(55-72)82-70/h14-15,17-18,20-21,58-61,63-70,72-74,76-80H,3-13,16,19,22-57H2,1-2H3,(H,71,75)/b15-14-,18-17-,21-20-. The second-order valence-corrected chi connectivity index (χ2v) is 25.0. The summed E-state index contributed by atoms with van der Waals surface area (Å²) in [5.41, 5.74) is 0. The Balaban J connectivity index is 1.48. The summed E-state index contributed by atoms with van der Waals surface area (Å²) in [5.74, 6) is -0.204. The van der Waals surface area contributed by atoms with Gasteiger partial charge in [0.15, 0.2) is 12.6 Å². The van der Waals surface area contributed by atoms with Crippen LogP contribution in [-0.2, 0) is 23.7 Å². The molecule has 0 aromatic rings. The Labute approximate surface area is 512 Å². The molecule has 1 amide bonds. The Morgan fingerprint density at radius 2 is 0.786 bits per heavy atom. The van der Waals surface area contributed by atoms with Gasteiger partial charge in [-0.25, -0.2) is 0 Å². The molecule has 0 aromatic carbocycles. The summed E-state index contributed by atoms with van der Waals surface area (Å²) in [7, 11) is 0. The molecule has 2 heterocycles. The minimum Gasteiger partial charge on any atom is -0.394 e. The zero-order chi connectivity index (χ0) is 60.9. The highest BCUT2D eigenvalue weighted by atomic mass is 16.7. The van der Waals surface area contributed by atoms with Crippen molar-refractivity contribution in [2.24, 2.45) is 0 Å². The molecule has 14 heteroatoms. The van der Waals surface area contributed by atoms with Gasteiger partial charge in [-0.15, -0.1) is 0 Å². The number of rotatable bonds is 58. The number of hydrogen-bond donors (Lipinski definition) is 9. The van der Waals surface area contributed by atoms with E-state index in [9.17, 15) is 45.6 Å². The smallest absolute Gasteiger partial charge is 0.220 e. The molecule has 2 saturated heterocycles. The van der Waals surface area contributed by atoms with Gasteiger partial charge in [-0.3, -0.25) is 4.79 Å². The van der Waals surface area contributed by atoms with E-state index in [4.69, 9.17) is 18.9 Å². The summed E-state index contributed by atoms with van der Waals surface area (Å²) in [5, 5.41) is 87.1. The van der Waals surface area contributed by atoms with Gasteiger partial charge in [-0.2, -0.15) is 0 Å². The average molecular weight is 1190 g/mol. The largest absolute Gasteiger partial charge is 0.394 e. The maximum absolute atomic E-state index is 13.3. The van der Waals surface area contributed by atoms with Gasteiger partial charge in [0.2, 0.25) is 5.91 Å². The number of allylic oxidation sites excluding steroid dienone is 6. The molecular weight excluding hydrogens is 1060 g/mol. The number of ether oxygens (including phenoxy) is 4. The Morgan fingerprint density at radius 1 is 0.429 bits per heavy atom. The zero-order valence-electron chi connectivity index (χ0n) is 53.7. The van der Waals surface area contributed by atoms with Gasteiger partial charge in [0.1, 0.15) is 48.8 Å². The number of hydrogen-bond acceptors (Lipinski definition) is 13.